The van der Waals surface area contributed by atoms with Crippen molar-refractivity contribution in [3.63, 3.8) is 0 Å². The van der Waals surface area contributed by atoms with Gasteiger partial charge in [-0.2, -0.15) is 0 Å². The molecule has 0 atom stereocenters. The fourth-order valence-corrected chi connectivity index (χ4v) is 1.95. The Morgan fingerprint density at radius 3 is 2.60 bits per heavy atom. The van der Waals surface area contributed by atoms with Crippen LogP contribution in [0.1, 0.15) is 30.7 Å². The molecular weight excluding hydrogens is 184 g/mol. The average Bonchev–Trinajstić information content (AvgIpc) is 2.42. The van der Waals surface area contributed by atoms with Crippen LogP contribution < -0.4 is 0 Å². The summed E-state index contributed by atoms with van der Waals surface area (Å²) in [7, 11) is 0. The molecule has 1 heteroatoms. The second-order valence-electron chi connectivity index (χ2n) is 4.75. The molecule has 1 heterocycles. The van der Waals surface area contributed by atoms with Crippen molar-refractivity contribution < 1.29 is 4.42 Å². The second kappa shape index (κ2) is 3.73. The minimum atomic E-state index is 0.644. The van der Waals surface area contributed by atoms with E-state index in [1.54, 1.807) is 0 Å². The van der Waals surface area contributed by atoms with Crippen LogP contribution in [-0.2, 0) is 6.42 Å². The summed E-state index contributed by atoms with van der Waals surface area (Å²) >= 11 is 0. The fraction of sp³-hybridized carbons (Fsp3) is 0.429. The molecule has 1 aromatic carbocycles. The third-order valence-corrected chi connectivity index (χ3v) is 2.79. The molecule has 0 spiro atoms. The summed E-state index contributed by atoms with van der Waals surface area (Å²) in [6.07, 6.45) is 1.03. The number of benzene rings is 1. The Hall–Kier alpha value is -1.24. The van der Waals surface area contributed by atoms with Gasteiger partial charge in [0, 0.05) is 11.8 Å². The van der Waals surface area contributed by atoms with Gasteiger partial charge in [0.1, 0.15) is 11.3 Å². The van der Waals surface area contributed by atoms with Crippen LogP contribution in [0.3, 0.4) is 0 Å². The fourth-order valence-electron chi connectivity index (χ4n) is 1.95. The van der Waals surface area contributed by atoms with Crippen molar-refractivity contribution in [1.29, 1.82) is 0 Å². The van der Waals surface area contributed by atoms with E-state index in [0.717, 1.165) is 17.8 Å². The molecule has 0 saturated heterocycles. The van der Waals surface area contributed by atoms with E-state index in [1.807, 2.05) is 0 Å². The Balaban J connectivity index is 2.54. The van der Waals surface area contributed by atoms with E-state index >= 15 is 0 Å². The standard InChI is InChI=1S/C14H18O/c1-9(2)7-13-11(4)12-6-5-10(3)8-14(12)15-13/h5-6,8-9H,7H2,1-4H3. The topological polar surface area (TPSA) is 13.1 Å². The Labute approximate surface area is 91.1 Å². The highest BCUT2D eigenvalue weighted by atomic mass is 16.3. The van der Waals surface area contributed by atoms with Gasteiger partial charge in [0.15, 0.2) is 0 Å². The molecule has 0 unspecified atom stereocenters. The molecule has 0 aliphatic rings. The summed E-state index contributed by atoms with van der Waals surface area (Å²) in [5.74, 6) is 1.79. The summed E-state index contributed by atoms with van der Waals surface area (Å²) < 4.78 is 5.89. The van der Waals surface area contributed by atoms with Crippen LogP contribution in [0.15, 0.2) is 22.6 Å². The molecule has 0 radical (unpaired) electrons. The third-order valence-electron chi connectivity index (χ3n) is 2.79. The first-order valence-electron chi connectivity index (χ1n) is 5.56. The first-order valence-corrected chi connectivity index (χ1v) is 5.56. The Kier molecular flexibility index (Phi) is 2.56. The lowest BCUT2D eigenvalue weighted by Gasteiger charge is -2.01. The van der Waals surface area contributed by atoms with E-state index in [4.69, 9.17) is 4.42 Å². The molecule has 1 aromatic heterocycles. The Morgan fingerprint density at radius 2 is 1.93 bits per heavy atom. The summed E-state index contributed by atoms with van der Waals surface area (Å²) in [6, 6.07) is 6.42. The minimum Gasteiger partial charge on any atom is -0.461 e. The quantitative estimate of drug-likeness (QED) is 0.709. The molecule has 0 fully saturated rings. The highest BCUT2D eigenvalue weighted by molar-refractivity contribution is 5.82. The summed E-state index contributed by atoms with van der Waals surface area (Å²) in [4.78, 5) is 0. The lowest BCUT2D eigenvalue weighted by molar-refractivity contribution is 0.496. The van der Waals surface area contributed by atoms with Crippen LogP contribution >= 0.6 is 0 Å². The number of furan rings is 1. The van der Waals surface area contributed by atoms with Crippen LogP contribution in [-0.4, -0.2) is 0 Å². The molecule has 0 aliphatic heterocycles. The first-order chi connectivity index (χ1) is 7.08. The molecule has 0 amide bonds. The van der Waals surface area contributed by atoms with Gasteiger partial charge in [-0.1, -0.05) is 26.0 Å². The number of hydrogen-bond donors (Lipinski definition) is 0. The molecule has 0 bridgehead atoms. The molecule has 0 saturated carbocycles. The van der Waals surface area contributed by atoms with Crippen LogP contribution in [0.4, 0.5) is 0 Å². The van der Waals surface area contributed by atoms with Crippen LogP contribution in [0.25, 0.3) is 11.0 Å². The third kappa shape index (κ3) is 1.92. The Bertz CT molecular complexity index is 477. The molecule has 1 nitrogen and oxygen atoms in total. The van der Waals surface area contributed by atoms with Crippen molar-refractivity contribution in [2.24, 2.45) is 5.92 Å². The normalized spacial score (nSPS) is 11.5. The molecule has 0 N–H and O–H groups in total. The van der Waals surface area contributed by atoms with E-state index < -0.39 is 0 Å². The van der Waals surface area contributed by atoms with Crippen molar-refractivity contribution in [3.05, 3.63) is 35.1 Å². The van der Waals surface area contributed by atoms with E-state index in [-0.39, 0.29) is 0 Å². The monoisotopic (exact) mass is 202 g/mol. The van der Waals surface area contributed by atoms with Crippen molar-refractivity contribution in [3.8, 4) is 0 Å². The molecular formula is C14H18O. The zero-order valence-electron chi connectivity index (χ0n) is 9.92. The van der Waals surface area contributed by atoms with Gasteiger partial charge < -0.3 is 4.42 Å². The predicted octanol–water partition coefficient (Wildman–Crippen LogP) is 4.25. The average molecular weight is 202 g/mol. The maximum Gasteiger partial charge on any atom is 0.134 e. The largest absolute Gasteiger partial charge is 0.461 e. The van der Waals surface area contributed by atoms with Gasteiger partial charge in [0.05, 0.1) is 0 Å². The zero-order chi connectivity index (χ0) is 11.0. The summed E-state index contributed by atoms with van der Waals surface area (Å²) in [6.45, 7) is 8.69. The minimum absolute atomic E-state index is 0.644. The van der Waals surface area contributed by atoms with Gasteiger partial charge in [-0.05, 0) is 37.0 Å². The molecule has 2 aromatic rings. The van der Waals surface area contributed by atoms with Gasteiger partial charge in [-0.3, -0.25) is 0 Å². The molecule has 2 rings (SSSR count). The predicted molar refractivity (Wildman–Crippen MR) is 64.2 cm³/mol. The molecule has 0 aliphatic carbocycles. The highest BCUT2D eigenvalue weighted by Crippen LogP contribution is 2.27. The van der Waals surface area contributed by atoms with Gasteiger partial charge in [0.2, 0.25) is 0 Å². The highest BCUT2D eigenvalue weighted by Gasteiger charge is 2.11. The SMILES string of the molecule is Cc1ccc2c(C)c(CC(C)C)oc2c1. The van der Waals surface area contributed by atoms with E-state index in [1.165, 1.54) is 16.5 Å². The maximum absolute atomic E-state index is 5.89. The van der Waals surface area contributed by atoms with Crippen molar-refractivity contribution in [1.82, 2.24) is 0 Å². The number of aryl methyl sites for hydroxylation is 2. The summed E-state index contributed by atoms with van der Waals surface area (Å²) in [5, 5.41) is 1.26. The van der Waals surface area contributed by atoms with Gasteiger partial charge in [-0.25, -0.2) is 0 Å². The van der Waals surface area contributed by atoms with E-state index in [9.17, 15) is 0 Å². The molecule has 80 valence electrons. The van der Waals surface area contributed by atoms with Gasteiger partial charge in [-0.15, -0.1) is 0 Å². The Morgan fingerprint density at radius 1 is 1.20 bits per heavy atom. The first kappa shape index (κ1) is 10.3. The molecule has 15 heavy (non-hydrogen) atoms. The number of hydrogen-bond acceptors (Lipinski definition) is 1. The van der Waals surface area contributed by atoms with Crippen LogP contribution in [0.2, 0.25) is 0 Å². The smallest absolute Gasteiger partial charge is 0.134 e. The number of fused-ring (bicyclic) bond motifs is 1. The van der Waals surface area contributed by atoms with Gasteiger partial charge in [0.25, 0.3) is 0 Å². The second-order valence-corrected chi connectivity index (χ2v) is 4.75. The van der Waals surface area contributed by atoms with Crippen LogP contribution in [0, 0.1) is 19.8 Å². The van der Waals surface area contributed by atoms with E-state index in [2.05, 4.69) is 45.9 Å². The van der Waals surface area contributed by atoms with Crippen LogP contribution in [0.5, 0.6) is 0 Å². The zero-order valence-corrected chi connectivity index (χ0v) is 9.92. The maximum atomic E-state index is 5.89. The lowest BCUT2D eigenvalue weighted by atomic mass is 10.0. The van der Waals surface area contributed by atoms with Crippen molar-refractivity contribution in [2.45, 2.75) is 34.1 Å². The lowest BCUT2D eigenvalue weighted by Crippen LogP contribution is -1.93. The van der Waals surface area contributed by atoms with E-state index in [0.29, 0.717) is 5.92 Å². The van der Waals surface area contributed by atoms with Gasteiger partial charge >= 0.3 is 0 Å². The summed E-state index contributed by atoms with van der Waals surface area (Å²) in [5.41, 5.74) is 3.59. The number of rotatable bonds is 2. The van der Waals surface area contributed by atoms with Crippen molar-refractivity contribution in [2.75, 3.05) is 0 Å². The van der Waals surface area contributed by atoms with Crippen molar-refractivity contribution >= 4 is 11.0 Å².